The van der Waals surface area contributed by atoms with Crippen molar-refractivity contribution in [1.82, 2.24) is 10.6 Å². The molecule has 0 aromatic heterocycles. The fourth-order valence-electron chi connectivity index (χ4n) is 2.72. The maximum Gasteiger partial charge on any atom is 0.191 e. The first-order chi connectivity index (χ1) is 13.7. The number of hydrogen-bond donors (Lipinski definition) is 3. The van der Waals surface area contributed by atoms with Gasteiger partial charge in [0.15, 0.2) is 15.8 Å². The lowest BCUT2D eigenvalue weighted by atomic mass is 10.1. The number of nitrogens with zero attached hydrogens (tertiary/aromatic N) is 1. The Morgan fingerprint density at radius 1 is 1.13 bits per heavy atom. The van der Waals surface area contributed by atoms with Gasteiger partial charge < -0.3 is 15.7 Å². The van der Waals surface area contributed by atoms with Crippen LogP contribution in [0.5, 0.6) is 0 Å². The topological polar surface area (TPSA) is 90.8 Å². The van der Waals surface area contributed by atoms with E-state index in [1.165, 1.54) is 36.4 Å². The van der Waals surface area contributed by atoms with Gasteiger partial charge in [-0.1, -0.05) is 24.3 Å². The second-order valence-corrected chi connectivity index (χ2v) is 8.74. The summed E-state index contributed by atoms with van der Waals surface area (Å²) in [4.78, 5) is 4.33. The second-order valence-electron chi connectivity index (χ2n) is 6.60. The molecule has 2 rings (SSSR count). The van der Waals surface area contributed by atoms with E-state index < -0.39 is 27.6 Å². The van der Waals surface area contributed by atoms with E-state index in [0.717, 1.165) is 6.26 Å². The van der Waals surface area contributed by atoms with Gasteiger partial charge in [0, 0.05) is 24.9 Å². The molecule has 0 spiro atoms. The van der Waals surface area contributed by atoms with Gasteiger partial charge in [-0.15, -0.1) is 24.0 Å². The van der Waals surface area contributed by atoms with Crippen molar-refractivity contribution in [2.45, 2.75) is 25.3 Å². The summed E-state index contributed by atoms with van der Waals surface area (Å²) in [5.41, 5.74) is 1.08. The summed E-state index contributed by atoms with van der Waals surface area (Å²) in [5.74, 6) is -0.875. The van der Waals surface area contributed by atoms with Gasteiger partial charge in [0.25, 0.3) is 0 Å². The van der Waals surface area contributed by atoms with Crippen LogP contribution in [0.3, 0.4) is 0 Å². The lowest BCUT2D eigenvalue weighted by molar-refractivity contribution is 0.176. The van der Waals surface area contributed by atoms with E-state index in [1.54, 1.807) is 6.07 Å². The zero-order valence-corrected chi connectivity index (χ0v) is 19.9. The molecule has 3 N–H and O–H groups in total. The van der Waals surface area contributed by atoms with Crippen LogP contribution in [0.25, 0.3) is 0 Å². The van der Waals surface area contributed by atoms with Gasteiger partial charge in [-0.2, -0.15) is 0 Å². The Morgan fingerprint density at radius 2 is 1.83 bits per heavy atom. The quantitative estimate of drug-likeness (QED) is 0.266. The summed E-state index contributed by atoms with van der Waals surface area (Å²) in [6.45, 7) is 2.42. The van der Waals surface area contributed by atoms with Gasteiger partial charge >= 0.3 is 0 Å². The van der Waals surface area contributed by atoms with Crippen LogP contribution >= 0.6 is 24.0 Å². The molecule has 0 aliphatic rings. The molecule has 0 aliphatic heterocycles. The Bertz CT molecular complexity index is 972. The molecule has 0 aliphatic carbocycles. The van der Waals surface area contributed by atoms with E-state index in [9.17, 15) is 22.3 Å². The first-order valence-corrected chi connectivity index (χ1v) is 11.2. The van der Waals surface area contributed by atoms with E-state index >= 15 is 0 Å². The van der Waals surface area contributed by atoms with Crippen LogP contribution in [0.1, 0.15) is 29.7 Å². The highest BCUT2D eigenvalue weighted by molar-refractivity contribution is 14.0. The highest BCUT2D eigenvalue weighted by Crippen LogP contribution is 2.17. The predicted octanol–water partition coefficient (Wildman–Crippen LogP) is 2.92. The molecule has 6 nitrogen and oxygen atoms in total. The molecule has 0 heterocycles. The summed E-state index contributed by atoms with van der Waals surface area (Å²) in [7, 11) is -3.29. The Balaban J connectivity index is 0.00000450. The number of nitrogens with one attached hydrogen (secondary N) is 2. The number of rotatable bonds is 8. The van der Waals surface area contributed by atoms with Crippen molar-refractivity contribution in [3.8, 4) is 0 Å². The van der Waals surface area contributed by atoms with Crippen molar-refractivity contribution < 1.29 is 22.3 Å². The lowest BCUT2D eigenvalue weighted by Gasteiger charge is -2.16. The normalized spacial score (nSPS) is 12.8. The van der Waals surface area contributed by atoms with Crippen LogP contribution in [-0.2, 0) is 22.1 Å². The third-order valence-electron chi connectivity index (χ3n) is 4.06. The molecular formula is C20H26F2IN3O3S. The Kier molecular flexibility index (Phi) is 10.6. The number of aliphatic hydroxyl groups excluding tert-OH is 1. The minimum absolute atomic E-state index is 0. The summed E-state index contributed by atoms with van der Waals surface area (Å²) in [6.07, 6.45) is 0.0223. The third kappa shape index (κ3) is 8.52. The van der Waals surface area contributed by atoms with E-state index in [-0.39, 0.29) is 48.4 Å². The Labute approximate surface area is 192 Å². The van der Waals surface area contributed by atoms with Crippen LogP contribution in [-0.4, -0.2) is 38.8 Å². The van der Waals surface area contributed by atoms with E-state index in [1.807, 2.05) is 6.92 Å². The van der Waals surface area contributed by atoms with E-state index in [4.69, 9.17) is 0 Å². The van der Waals surface area contributed by atoms with E-state index in [0.29, 0.717) is 23.6 Å². The number of hydrogen-bond acceptors (Lipinski definition) is 4. The Morgan fingerprint density at radius 3 is 2.47 bits per heavy atom. The van der Waals surface area contributed by atoms with Crippen molar-refractivity contribution in [2.75, 3.05) is 19.3 Å². The van der Waals surface area contributed by atoms with Gasteiger partial charge in [0.05, 0.1) is 18.4 Å². The van der Waals surface area contributed by atoms with Crippen LogP contribution in [0, 0.1) is 11.6 Å². The van der Waals surface area contributed by atoms with Crippen molar-refractivity contribution in [1.29, 1.82) is 0 Å². The fourth-order valence-corrected chi connectivity index (χ4v) is 3.57. The smallest absolute Gasteiger partial charge is 0.191 e. The molecule has 1 unspecified atom stereocenters. The summed E-state index contributed by atoms with van der Waals surface area (Å²) in [5, 5.41) is 16.1. The van der Waals surface area contributed by atoms with Crippen molar-refractivity contribution in [3.63, 3.8) is 0 Å². The largest absolute Gasteiger partial charge is 0.386 e. The molecule has 0 saturated heterocycles. The van der Waals surface area contributed by atoms with Gasteiger partial charge in [0.2, 0.25) is 0 Å². The summed E-state index contributed by atoms with van der Waals surface area (Å²) >= 11 is 0. The molecule has 2 aromatic rings. The average molecular weight is 553 g/mol. The van der Waals surface area contributed by atoms with E-state index in [2.05, 4.69) is 15.6 Å². The molecule has 0 radical (unpaired) electrons. The number of aliphatic hydroxyl groups is 1. The molecule has 10 heteroatoms. The van der Waals surface area contributed by atoms with Crippen LogP contribution in [0.15, 0.2) is 47.5 Å². The molecule has 166 valence electrons. The number of benzene rings is 2. The standard InChI is InChI=1S/C20H25F2N3O3S.HI/c1-3-23-20(25-12-19(26)17-6-4-5-7-18(17)22)24-11-15-10-16(21)9-8-14(15)13-29(2,27)28;/h4-10,19,26H,3,11-13H2,1-2H3,(H2,23,24,25);1H. The van der Waals surface area contributed by atoms with Crippen LogP contribution in [0.2, 0.25) is 0 Å². The monoisotopic (exact) mass is 553 g/mol. The Hall–Kier alpha value is -1.79. The minimum Gasteiger partial charge on any atom is -0.386 e. The first-order valence-electron chi connectivity index (χ1n) is 9.09. The molecule has 0 fully saturated rings. The van der Waals surface area contributed by atoms with Gasteiger partial charge in [-0.05, 0) is 36.2 Å². The second kappa shape index (κ2) is 12.2. The first kappa shape index (κ1) is 26.2. The van der Waals surface area contributed by atoms with Gasteiger partial charge in [-0.3, -0.25) is 0 Å². The van der Waals surface area contributed by atoms with Crippen LogP contribution < -0.4 is 10.6 Å². The van der Waals surface area contributed by atoms with Crippen molar-refractivity contribution in [3.05, 3.63) is 70.8 Å². The zero-order chi connectivity index (χ0) is 21.4. The molecule has 30 heavy (non-hydrogen) atoms. The molecule has 0 bridgehead atoms. The minimum atomic E-state index is -3.29. The lowest BCUT2D eigenvalue weighted by Crippen LogP contribution is -2.39. The number of guanidine groups is 1. The maximum atomic E-state index is 13.8. The van der Waals surface area contributed by atoms with Crippen LogP contribution in [0.4, 0.5) is 8.78 Å². The molecule has 2 aromatic carbocycles. The average Bonchev–Trinajstić information content (AvgIpc) is 2.65. The maximum absolute atomic E-state index is 13.8. The van der Waals surface area contributed by atoms with Crippen molar-refractivity contribution in [2.24, 2.45) is 4.99 Å². The number of aliphatic imine (C=N–C) groups is 1. The van der Waals surface area contributed by atoms with Crippen molar-refractivity contribution >= 4 is 39.8 Å². The highest BCUT2D eigenvalue weighted by Gasteiger charge is 2.13. The number of halogens is 3. The summed E-state index contributed by atoms with van der Waals surface area (Å²) in [6, 6.07) is 9.83. The molecule has 0 amide bonds. The zero-order valence-electron chi connectivity index (χ0n) is 16.7. The molecular weight excluding hydrogens is 527 g/mol. The fraction of sp³-hybridized carbons (Fsp3) is 0.350. The highest BCUT2D eigenvalue weighted by atomic mass is 127. The van der Waals surface area contributed by atoms with Gasteiger partial charge in [-0.25, -0.2) is 22.2 Å². The number of sulfone groups is 1. The SMILES string of the molecule is CCNC(=NCc1cc(F)ccc1CS(C)(=O)=O)NCC(O)c1ccccc1F.I. The molecule has 0 saturated carbocycles. The third-order valence-corrected chi connectivity index (χ3v) is 4.90. The van der Waals surface area contributed by atoms with Gasteiger partial charge in [0.1, 0.15) is 11.6 Å². The summed E-state index contributed by atoms with van der Waals surface area (Å²) < 4.78 is 50.6. The molecule has 1 atom stereocenters. The predicted molar refractivity (Wildman–Crippen MR) is 125 cm³/mol.